The number of aryl methyl sites for hydroxylation is 2. The molecule has 2 atom stereocenters. The number of amides is 2. The number of nitrogens with one attached hydrogen (secondary N) is 2. The summed E-state index contributed by atoms with van der Waals surface area (Å²) < 4.78 is 1.88. The third-order valence-corrected chi connectivity index (χ3v) is 5.31. The van der Waals surface area contributed by atoms with E-state index in [1.807, 2.05) is 29.1 Å². The molecule has 0 saturated carbocycles. The van der Waals surface area contributed by atoms with Crippen LogP contribution in [0.3, 0.4) is 0 Å². The molecule has 8 heteroatoms. The molecule has 130 valence electrons. The van der Waals surface area contributed by atoms with E-state index in [1.54, 1.807) is 6.92 Å². The number of urea groups is 1. The van der Waals surface area contributed by atoms with Crippen LogP contribution in [0, 0.1) is 0 Å². The molecule has 0 fully saturated rings. The van der Waals surface area contributed by atoms with Crippen LogP contribution in [0.25, 0.3) is 0 Å². The van der Waals surface area contributed by atoms with Crippen molar-refractivity contribution in [1.82, 2.24) is 25.4 Å². The molecule has 1 aliphatic rings. The lowest BCUT2D eigenvalue weighted by atomic mass is 10.1. The minimum atomic E-state index is -1.08. The van der Waals surface area contributed by atoms with Gasteiger partial charge in [-0.3, -0.25) is 0 Å². The van der Waals surface area contributed by atoms with Crippen LogP contribution in [-0.4, -0.2) is 32.4 Å². The molecule has 2 amide bonds. The standard InChI is InChI=1S/C16H23N5O2S/c1-3-13-19-14-11(6-4-8-21(14)20-13)18-15(22)17-10-16(2,23)12-7-5-9-24-12/h5,7,9,11,23H,3-4,6,8,10H2,1-2H3,(H2,17,18,22). The highest BCUT2D eigenvalue weighted by Crippen LogP contribution is 2.25. The zero-order valence-corrected chi connectivity index (χ0v) is 14.8. The fraction of sp³-hybridized carbons (Fsp3) is 0.562. The van der Waals surface area contributed by atoms with Gasteiger partial charge in [0.15, 0.2) is 5.82 Å². The molecular weight excluding hydrogens is 326 g/mol. The Morgan fingerprint density at radius 2 is 2.42 bits per heavy atom. The molecule has 0 aromatic carbocycles. The van der Waals surface area contributed by atoms with Gasteiger partial charge in [-0.1, -0.05) is 13.0 Å². The molecule has 24 heavy (non-hydrogen) atoms. The topological polar surface area (TPSA) is 92.1 Å². The van der Waals surface area contributed by atoms with Gasteiger partial charge in [-0.05, 0) is 31.2 Å². The highest BCUT2D eigenvalue weighted by atomic mass is 32.1. The maximum absolute atomic E-state index is 12.2. The number of thiophene rings is 1. The van der Waals surface area contributed by atoms with Crippen LogP contribution >= 0.6 is 11.3 Å². The second-order valence-electron chi connectivity index (χ2n) is 6.24. The van der Waals surface area contributed by atoms with E-state index >= 15 is 0 Å². The van der Waals surface area contributed by atoms with E-state index < -0.39 is 5.60 Å². The lowest BCUT2D eigenvalue weighted by molar-refractivity contribution is 0.0629. The fourth-order valence-corrected chi connectivity index (χ4v) is 3.61. The molecule has 2 aromatic heterocycles. The summed E-state index contributed by atoms with van der Waals surface area (Å²) in [6.45, 7) is 4.71. The van der Waals surface area contributed by atoms with Gasteiger partial charge in [0.1, 0.15) is 11.4 Å². The third-order valence-electron chi connectivity index (χ3n) is 4.19. The number of nitrogens with zero attached hydrogens (tertiary/aromatic N) is 3. The van der Waals surface area contributed by atoms with Crippen molar-refractivity contribution in [1.29, 1.82) is 0 Å². The first-order valence-electron chi connectivity index (χ1n) is 8.24. The number of rotatable bonds is 5. The molecule has 1 aliphatic heterocycles. The number of aromatic nitrogens is 3. The smallest absolute Gasteiger partial charge is 0.315 e. The number of aliphatic hydroxyl groups is 1. The van der Waals surface area contributed by atoms with Crippen molar-refractivity contribution in [2.45, 2.75) is 51.3 Å². The van der Waals surface area contributed by atoms with E-state index in [2.05, 4.69) is 20.7 Å². The monoisotopic (exact) mass is 349 g/mol. The van der Waals surface area contributed by atoms with Crippen molar-refractivity contribution >= 4 is 17.4 Å². The Hall–Kier alpha value is -1.93. The molecule has 3 N–H and O–H groups in total. The number of carbonyl (C=O) groups is 1. The normalized spacial score (nSPS) is 19.4. The molecule has 2 aromatic rings. The third kappa shape index (κ3) is 3.59. The molecule has 0 aliphatic carbocycles. The molecule has 2 unspecified atom stereocenters. The van der Waals surface area contributed by atoms with Crippen molar-refractivity contribution in [2.75, 3.05) is 6.54 Å². The minimum Gasteiger partial charge on any atom is -0.383 e. The van der Waals surface area contributed by atoms with Gasteiger partial charge in [-0.15, -0.1) is 11.3 Å². The van der Waals surface area contributed by atoms with Crippen molar-refractivity contribution in [3.63, 3.8) is 0 Å². The van der Waals surface area contributed by atoms with Crippen LogP contribution in [-0.2, 0) is 18.6 Å². The van der Waals surface area contributed by atoms with Crippen LogP contribution in [0.2, 0.25) is 0 Å². The van der Waals surface area contributed by atoms with Crippen molar-refractivity contribution in [3.8, 4) is 0 Å². The second-order valence-corrected chi connectivity index (χ2v) is 7.18. The van der Waals surface area contributed by atoms with Crippen molar-refractivity contribution < 1.29 is 9.90 Å². The van der Waals surface area contributed by atoms with Gasteiger partial charge in [0.25, 0.3) is 0 Å². The Balaban J connectivity index is 1.59. The first kappa shape index (κ1) is 16.9. The van der Waals surface area contributed by atoms with Crippen molar-refractivity contribution in [2.24, 2.45) is 0 Å². The van der Waals surface area contributed by atoms with Gasteiger partial charge in [0, 0.05) is 17.8 Å². The molecule has 0 radical (unpaired) electrons. The SMILES string of the molecule is CCc1nc2n(n1)CCCC2NC(=O)NCC(C)(O)c1cccs1. The Bertz CT molecular complexity index is 695. The molecule has 0 spiro atoms. The van der Waals surface area contributed by atoms with E-state index in [0.717, 1.165) is 42.3 Å². The first-order valence-corrected chi connectivity index (χ1v) is 9.12. The maximum Gasteiger partial charge on any atom is 0.315 e. The zero-order valence-electron chi connectivity index (χ0n) is 14.0. The van der Waals surface area contributed by atoms with Gasteiger partial charge in [-0.2, -0.15) is 5.10 Å². The Morgan fingerprint density at radius 3 is 3.12 bits per heavy atom. The molecular formula is C16H23N5O2S. The van der Waals surface area contributed by atoms with Gasteiger partial charge in [0.05, 0.1) is 12.6 Å². The van der Waals surface area contributed by atoms with Crippen LogP contribution < -0.4 is 10.6 Å². The zero-order chi connectivity index (χ0) is 17.2. The number of hydrogen-bond donors (Lipinski definition) is 3. The summed E-state index contributed by atoms with van der Waals surface area (Å²) in [6.07, 6.45) is 2.58. The molecule has 0 saturated heterocycles. The summed E-state index contributed by atoms with van der Waals surface area (Å²) >= 11 is 1.47. The molecule has 0 bridgehead atoms. The number of hydrogen-bond acceptors (Lipinski definition) is 5. The summed E-state index contributed by atoms with van der Waals surface area (Å²) in [4.78, 5) is 17.6. The average Bonchev–Trinajstić information content (AvgIpc) is 3.23. The van der Waals surface area contributed by atoms with E-state index in [4.69, 9.17) is 0 Å². The maximum atomic E-state index is 12.2. The van der Waals surface area contributed by atoms with E-state index in [0.29, 0.717) is 0 Å². The van der Waals surface area contributed by atoms with Gasteiger partial charge in [0.2, 0.25) is 0 Å². The van der Waals surface area contributed by atoms with Gasteiger partial charge in [-0.25, -0.2) is 14.5 Å². The Morgan fingerprint density at radius 1 is 1.58 bits per heavy atom. The molecule has 3 heterocycles. The van der Waals surface area contributed by atoms with Crippen molar-refractivity contribution in [3.05, 3.63) is 34.0 Å². The Kier molecular flexibility index (Phi) is 4.86. The van der Waals surface area contributed by atoms with E-state index in [-0.39, 0.29) is 18.6 Å². The largest absolute Gasteiger partial charge is 0.383 e. The lowest BCUT2D eigenvalue weighted by Crippen LogP contribution is -2.45. The van der Waals surface area contributed by atoms with Crippen LogP contribution in [0.4, 0.5) is 4.79 Å². The summed E-state index contributed by atoms with van der Waals surface area (Å²) in [5.41, 5.74) is -1.08. The predicted molar refractivity (Wildman–Crippen MR) is 91.8 cm³/mol. The van der Waals surface area contributed by atoms with Crippen LogP contribution in [0.15, 0.2) is 17.5 Å². The van der Waals surface area contributed by atoms with Gasteiger partial charge >= 0.3 is 6.03 Å². The number of carbonyl (C=O) groups excluding carboxylic acids is 1. The predicted octanol–water partition coefficient (Wildman–Crippen LogP) is 1.94. The highest BCUT2D eigenvalue weighted by molar-refractivity contribution is 7.10. The van der Waals surface area contributed by atoms with Crippen LogP contribution in [0.5, 0.6) is 0 Å². The first-order chi connectivity index (χ1) is 11.5. The summed E-state index contributed by atoms with van der Waals surface area (Å²) in [7, 11) is 0. The summed E-state index contributed by atoms with van der Waals surface area (Å²) in [6, 6.07) is 3.30. The van der Waals surface area contributed by atoms with Crippen LogP contribution in [0.1, 0.15) is 49.3 Å². The summed E-state index contributed by atoms with van der Waals surface area (Å²) in [5, 5.41) is 22.5. The number of fused-ring (bicyclic) bond motifs is 1. The molecule has 3 rings (SSSR count). The Labute approximate surface area is 145 Å². The van der Waals surface area contributed by atoms with E-state index in [9.17, 15) is 9.90 Å². The average molecular weight is 349 g/mol. The summed E-state index contributed by atoms with van der Waals surface area (Å²) in [5.74, 6) is 1.62. The van der Waals surface area contributed by atoms with E-state index in [1.165, 1.54) is 11.3 Å². The molecule has 7 nitrogen and oxygen atoms in total. The lowest BCUT2D eigenvalue weighted by Gasteiger charge is -2.25. The highest BCUT2D eigenvalue weighted by Gasteiger charge is 2.28. The quantitative estimate of drug-likeness (QED) is 0.769. The minimum absolute atomic E-state index is 0.141. The second kappa shape index (κ2) is 6.90. The fourth-order valence-electron chi connectivity index (χ4n) is 2.82. The van der Waals surface area contributed by atoms with Gasteiger partial charge < -0.3 is 15.7 Å².